The number of nitrogen functional groups attached to an aromatic ring is 1. The molecule has 0 saturated carbocycles. The van der Waals surface area contributed by atoms with E-state index >= 15 is 0 Å². The lowest BCUT2D eigenvalue weighted by Crippen LogP contribution is -1.87. The Morgan fingerprint density at radius 1 is 1.33 bits per heavy atom. The second-order valence-corrected chi connectivity index (χ2v) is 4.66. The van der Waals surface area contributed by atoms with Gasteiger partial charge >= 0.3 is 0 Å². The Morgan fingerprint density at radius 3 is 2.94 bits per heavy atom. The second-order valence-electron chi connectivity index (χ2n) is 3.53. The molecule has 7 heteroatoms. The van der Waals surface area contributed by atoms with Crippen LogP contribution in [0.4, 0.5) is 5.69 Å². The molecule has 0 aliphatic carbocycles. The van der Waals surface area contributed by atoms with Crippen molar-refractivity contribution in [3.05, 3.63) is 34.1 Å². The first-order chi connectivity index (χ1) is 8.74. The van der Waals surface area contributed by atoms with Crippen LogP contribution >= 0.6 is 22.9 Å². The first-order valence-electron chi connectivity index (χ1n) is 5.02. The van der Waals surface area contributed by atoms with Crippen LogP contribution in [0.1, 0.15) is 0 Å². The van der Waals surface area contributed by atoms with Crippen LogP contribution in [-0.4, -0.2) is 15.1 Å². The summed E-state index contributed by atoms with van der Waals surface area (Å²) in [7, 11) is 0. The van der Waals surface area contributed by atoms with Crippen molar-refractivity contribution in [2.45, 2.75) is 0 Å². The highest BCUT2D eigenvalue weighted by atomic mass is 35.5. The van der Waals surface area contributed by atoms with Crippen LogP contribution in [0, 0.1) is 0 Å². The molecule has 0 radical (unpaired) electrons. The van der Waals surface area contributed by atoms with Crippen molar-refractivity contribution in [3.63, 3.8) is 0 Å². The van der Waals surface area contributed by atoms with Crippen molar-refractivity contribution in [2.75, 3.05) is 5.73 Å². The maximum Gasteiger partial charge on any atom is 0.258 e. The Kier molecular flexibility index (Phi) is 2.73. The van der Waals surface area contributed by atoms with Gasteiger partial charge in [0.15, 0.2) is 0 Å². The summed E-state index contributed by atoms with van der Waals surface area (Å²) < 4.78 is 5.17. The van der Waals surface area contributed by atoms with Crippen LogP contribution in [0.25, 0.3) is 23.0 Å². The molecule has 90 valence electrons. The number of halogens is 1. The van der Waals surface area contributed by atoms with Gasteiger partial charge in [-0.2, -0.15) is 4.98 Å². The number of hydrogen-bond donors (Lipinski definition) is 1. The largest absolute Gasteiger partial charge is 0.398 e. The predicted molar refractivity (Wildman–Crippen MR) is 70.3 cm³/mol. The number of benzene rings is 1. The molecule has 0 aliphatic rings. The lowest BCUT2D eigenvalue weighted by atomic mass is 10.2. The van der Waals surface area contributed by atoms with Gasteiger partial charge in [-0.3, -0.25) is 0 Å². The molecule has 2 heterocycles. The van der Waals surface area contributed by atoms with Crippen molar-refractivity contribution in [1.29, 1.82) is 0 Å². The van der Waals surface area contributed by atoms with Crippen LogP contribution in [0.15, 0.2) is 33.6 Å². The molecular formula is C11H7ClN4OS. The number of anilines is 1. The smallest absolute Gasteiger partial charge is 0.258 e. The molecule has 0 spiro atoms. The minimum atomic E-state index is 0.390. The summed E-state index contributed by atoms with van der Waals surface area (Å²) in [6.07, 6.45) is 0. The molecule has 0 aliphatic heterocycles. The van der Waals surface area contributed by atoms with Crippen LogP contribution in [0.2, 0.25) is 5.02 Å². The first-order valence-corrected chi connectivity index (χ1v) is 6.34. The van der Waals surface area contributed by atoms with Crippen molar-refractivity contribution in [1.82, 2.24) is 15.1 Å². The molecule has 0 fully saturated rings. The van der Waals surface area contributed by atoms with Gasteiger partial charge < -0.3 is 10.3 Å². The van der Waals surface area contributed by atoms with E-state index in [9.17, 15) is 0 Å². The van der Waals surface area contributed by atoms with Crippen molar-refractivity contribution >= 4 is 28.6 Å². The summed E-state index contributed by atoms with van der Waals surface area (Å²) in [5, 5.41) is 6.22. The third-order valence-electron chi connectivity index (χ3n) is 2.33. The third kappa shape index (κ3) is 1.96. The third-order valence-corrected chi connectivity index (χ3v) is 3.26. The molecule has 3 rings (SSSR count). The Labute approximate surface area is 111 Å². The van der Waals surface area contributed by atoms with Gasteiger partial charge in [0.2, 0.25) is 5.82 Å². The maximum absolute atomic E-state index is 5.85. The van der Waals surface area contributed by atoms with E-state index in [-0.39, 0.29) is 0 Å². The summed E-state index contributed by atoms with van der Waals surface area (Å²) in [5.41, 5.74) is 9.33. The van der Waals surface area contributed by atoms with Gasteiger partial charge in [-0.15, -0.1) is 11.3 Å². The molecule has 0 amide bonds. The zero-order valence-corrected chi connectivity index (χ0v) is 10.6. The standard InChI is InChI=1S/C11H7ClN4OS/c12-7-2-1-6(3-8(7)13)11-15-10(16-17-11)9-4-18-5-14-9/h1-5H,13H2. The summed E-state index contributed by atoms with van der Waals surface area (Å²) in [5.74, 6) is 0.848. The van der Waals surface area contributed by atoms with E-state index in [1.807, 2.05) is 5.38 Å². The van der Waals surface area contributed by atoms with Crippen molar-refractivity contribution in [3.8, 4) is 23.0 Å². The lowest BCUT2D eigenvalue weighted by Gasteiger charge is -1.98. The average Bonchev–Trinajstić information content (AvgIpc) is 3.01. The molecule has 0 bridgehead atoms. The van der Waals surface area contributed by atoms with Crippen LogP contribution in [0.5, 0.6) is 0 Å². The minimum absolute atomic E-state index is 0.390. The van der Waals surface area contributed by atoms with Gasteiger partial charge in [-0.05, 0) is 18.2 Å². The molecule has 0 atom stereocenters. The Bertz CT molecular complexity index is 680. The molecule has 2 N–H and O–H groups in total. The number of hydrogen-bond acceptors (Lipinski definition) is 6. The summed E-state index contributed by atoms with van der Waals surface area (Å²) in [6, 6.07) is 5.16. The average molecular weight is 279 g/mol. The van der Waals surface area contributed by atoms with E-state index in [2.05, 4.69) is 15.1 Å². The van der Waals surface area contributed by atoms with Gasteiger partial charge in [-0.1, -0.05) is 16.8 Å². The highest BCUT2D eigenvalue weighted by molar-refractivity contribution is 7.07. The maximum atomic E-state index is 5.85. The van der Waals surface area contributed by atoms with E-state index in [4.69, 9.17) is 21.9 Å². The minimum Gasteiger partial charge on any atom is -0.398 e. The monoisotopic (exact) mass is 278 g/mol. The van der Waals surface area contributed by atoms with Crippen molar-refractivity contribution < 1.29 is 4.52 Å². The number of rotatable bonds is 2. The summed E-state index contributed by atoms with van der Waals surface area (Å²) in [6.45, 7) is 0. The highest BCUT2D eigenvalue weighted by Crippen LogP contribution is 2.27. The van der Waals surface area contributed by atoms with E-state index in [0.717, 1.165) is 5.56 Å². The topological polar surface area (TPSA) is 77.8 Å². The fourth-order valence-corrected chi connectivity index (χ4v) is 2.09. The van der Waals surface area contributed by atoms with Gasteiger partial charge in [-0.25, -0.2) is 4.98 Å². The fraction of sp³-hybridized carbons (Fsp3) is 0. The zero-order valence-electron chi connectivity index (χ0n) is 9.00. The van der Waals surface area contributed by atoms with Crippen LogP contribution in [0.3, 0.4) is 0 Å². The molecular weight excluding hydrogens is 272 g/mol. The number of nitrogens with zero attached hydrogens (tertiary/aromatic N) is 3. The van der Waals surface area contributed by atoms with Gasteiger partial charge in [0.05, 0.1) is 16.2 Å². The van der Waals surface area contributed by atoms with Crippen LogP contribution < -0.4 is 5.73 Å². The molecule has 5 nitrogen and oxygen atoms in total. The van der Waals surface area contributed by atoms with Gasteiger partial charge in [0.1, 0.15) is 5.69 Å². The van der Waals surface area contributed by atoms with Crippen LogP contribution in [-0.2, 0) is 0 Å². The van der Waals surface area contributed by atoms with Gasteiger partial charge in [0.25, 0.3) is 5.89 Å². The van der Waals surface area contributed by atoms with Gasteiger partial charge in [0, 0.05) is 10.9 Å². The number of aromatic nitrogens is 3. The molecule has 3 aromatic rings. The van der Waals surface area contributed by atoms with Crippen molar-refractivity contribution in [2.24, 2.45) is 0 Å². The highest BCUT2D eigenvalue weighted by Gasteiger charge is 2.12. The first kappa shape index (κ1) is 11.2. The Morgan fingerprint density at radius 2 is 2.22 bits per heavy atom. The molecule has 0 unspecified atom stereocenters. The molecule has 2 aromatic heterocycles. The van der Waals surface area contributed by atoms with E-state index in [0.29, 0.717) is 28.1 Å². The quantitative estimate of drug-likeness (QED) is 0.729. The number of nitrogens with two attached hydrogens (primary N) is 1. The number of thiazole rings is 1. The molecule has 0 saturated heterocycles. The second kappa shape index (κ2) is 4.40. The Balaban J connectivity index is 2.00. The SMILES string of the molecule is Nc1cc(-c2nc(-c3cscn3)no2)ccc1Cl. The molecule has 1 aromatic carbocycles. The molecule has 18 heavy (non-hydrogen) atoms. The normalized spacial score (nSPS) is 10.7. The Hall–Kier alpha value is -1.92. The van der Waals surface area contributed by atoms with E-state index in [1.54, 1.807) is 23.7 Å². The fourth-order valence-electron chi connectivity index (χ4n) is 1.44. The van der Waals surface area contributed by atoms with E-state index in [1.165, 1.54) is 11.3 Å². The lowest BCUT2D eigenvalue weighted by molar-refractivity contribution is 0.432. The summed E-state index contributed by atoms with van der Waals surface area (Å²) in [4.78, 5) is 8.37. The van der Waals surface area contributed by atoms with E-state index < -0.39 is 0 Å². The predicted octanol–water partition coefficient (Wildman–Crippen LogP) is 3.10. The zero-order chi connectivity index (χ0) is 12.5. The summed E-state index contributed by atoms with van der Waals surface area (Å²) >= 11 is 7.33.